The van der Waals surface area contributed by atoms with E-state index >= 15 is 0 Å². The molecule has 1 aliphatic rings. The van der Waals surface area contributed by atoms with Crippen LogP contribution in [-0.2, 0) is 11.3 Å². The number of hydrogen-bond acceptors (Lipinski definition) is 3. The van der Waals surface area contributed by atoms with E-state index in [0.717, 1.165) is 30.9 Å². The first kappa shape index (κ1) is 13.8. The number of carbonyl (C=O) groups excluding carboxylic acids is 1. The summed E-state index contributed by atoms with van der Waals surface area (Å²) in [7, 11) is 0. The van der Waals surface area contributed by atoms with E-state index in [-0.39, 0.29) is 12.1 Å². The summed E-state index contributed by atoms with van der Waals surface area (Å²) in [6.07, 6.45) is 1.00. The standard InChI is InChI=1S/C14H21N3O2/c1-10(12-5-6-19-9-12)16-14(18)17-13-4-2-3-11(7-13)8-15/h2-4,7,10,12H,5-6,8-9,15H2,1H3,(H2,16,17,18). The Bertz CT molecular complexity index is 430. The van der Waals surface area contributed by atoms with Gasteiger partial charge in [-0.2, -0.15) is 0 Å². The number of carbonyl (C=O) groups is 1. The molecule has 19 heavy (non-hydrogen) atoms. The lowest BCUT2D eigenvalue weighted by molar-refractivity contribution is 0.178. The number of benzene rings is 1. The molecule has 4 N–H and O–H groups in total. The molecule has 2 amide bonds. The van der Waals surface area contributed by atoms with E-state index in [0.29, 0.717) is 12.5 Å². The second-order valence-electron chi connectivity index (χ2n) is 4.92. The minimum atomic E-state index is -0.187. The molecule has 0 aromatic heterocycles. The fourth-order valence-corrected chi connectivity index (χ4v) is 2.21. The van der Waals surface area contributed by atoms with Gasteiger partial charge in [0, 0.05) is 30.8 Å². The highest BCUT2D eigenvalue weighted by atomic mass is 16.5. The minimum Gasteiger partial charge on any atom is -0.381 e. The highest BCUT2D eigenvalue weighted by Crippen LogP contribution is 2.16. The second kappa shape index (κ2) is 6.54. The number of nitrogens with one attached hydrogen (secondary N) is 2. The Balaban J connectivity index is 1.86. The second-order valence-corrected chi connectivity index (χ2v) is 4.92. The fourth-order valence-electron chi connectivity index (χ4n) is 2.21. The van der Waals surface area contributed by atoms with Crippen LogP contribution in [-0.4, -0.2) is 25.3 Å². The van der Waals surface area contributed by atoms with E-state index in [1.807, 2.05) is 31.2 Å². The number of ether oxygens (including phenoxy) is 1. The number of amides is 2. The molecule has 1 fully saturated rings. The van der Waals surface area contributed by atoms with Crippen LogP contribution in [0.3, 0.4) is 0 Å². The van der Waals surface area contributed by atoms with Gasteiger partial charge in [-0.15, -0.1) is 0 Å². The topological polar surface area (TPSA) is 76.4 Å². The molecular weight excluding hydrogens is 242 g/mol. The smallest absolute Gasteiger partial charge is 0.319 e. The van der Waals surface area contributed by atoms with E-state index in [9.17, 15) is 4.79 Å². The predicted molar refractivity (Wildman–Crippen MR) is 74.9 cm³/mol. The zero-order chi connectivity index (χ0) is 13.7. The van der Waals surface area contributed by atoms with Gasteiger partial charge in [0.1, 0.15) is 0 Å². The van der Waals surface area contributed by atoms with Crippen molar-refractivity contribution in [1.82, 2.24) is 5.32 Å². The lowest BCUT2D eigenvalue weighted by atomic mass is 10.0. The molecule has 1 aliphatic heterocycles. The SMILES string of the molecule is CC(NC(=O)Nc1cccc(CN)c1)C1CCOC1. The Hall–Kier alpha value is -1.59. The van der Waals surface area contributed by atoms with Crippen molar-refractivity contribution < 1.29 is 9.53 Å². The maximum atomic E-state index is 11.9. The van der Waals surface area contributed by atoms with Gasteiger partial charge >= 0.3 is 6.03 Å². The monoisotopic (exact) mass is 263 g/mol. The predicted octanol–water partition coefficient (Wildman–Crippen LogP) is 1.69. The van der Waals surface area contributed by atoms with E-state index in [2.05, 4.69) is 10.6 Å². The summed E-state index contributed by atoms with van der Waals surface area (Å²) < 4.78 is 5.32. The van der Waals surface area contributed by atoms with Crippen molar-refractivity contribution in [3.05, 3.63) is 29.8 Å². The van der Waals surface area contributed by atoms with Gasteiger partial charge in [-0.3, -0.25) is 0 Å². The quantitative estimate of drug-likeness (QED) is 0.773. The van der Waals surface area contributed by atoms with Crippen molar-refractivity contribution >= 4 is 11.7 Å². The summed E-state index contributed by atoms with van der Waals surface area (Å²) in [5.74, 6) is 0.404. The van der Waals surface area contributed by atoms with Crippen molar-refractivity contribution in [3.63, 3.8) is 0 Å². The van der Waals surface area contributed by atoms with Crippen LogP contribution in [0, 0.1) is 5.92 Å². The van der Waals surface area contributed by atoms with Gasteiger partial charge in [0.25, 0.3) is 0 Å². The van der Waals surface area contributed by atoms with E-state index in [4.69, 9.17) is 10.5 Å². The minimum absolute atomic E-state index is 0.111. The van der Waals surface area contributed by atoms with Gasteiger partial charge in [-0.25, -0.2) is 4.79 Å². The molecule has 2 rings (SSSR count). The van der Waals surface area contributed by atoms with Crippen molar-refractivity contribution in [2.24, 2.45) is 11.7 Å². The van der Waals surface area contributed by atoms with Crippen LogP contribution in [0.25, 0.3) is 0 Å². The zero-order valence-corrected chi connectivity index (χ0v) is 11.2. The third-order valence-corrected chi connectivity index (χ3v) is 3.45. The Morgan fingerprint density at radius 2 is 2.42 bits per heavy atom. The molecule has 1 saturated heterocycles. The van der Waals surface area contributed by atoms with Crippen LogP contribution in [0.4, 0.5) is 10.5 Å². The summed E-state index contributed by atoms with van der Waals surface area (Å²) in [6, 6.07) is 7.47. The fraction of sp³-hybridized carbons (Fsp3) is 0.500. The van der Waals surface area contributed by atoms with Gasteiger partial charge in [0.2, 0.25) is 0 Å². The molecule has 0 saturated carbocycles. The number of anilines is 1. The maximum Gasteiger partial charge on any atom is 0.319 e. The average molecular weight is 263 g/mol. The van der Waals surface area contributed by atoms with Crippen LogP contribution in [0.15, 0.2) is 24.3 Å². The van der Waals surface area contributed by atoms with Gasteiger partial charge in [-0.05, 0) is 31.0 Å². The van der Waals surface area contributed by atoms with E-state index in [1.165, 1.54) is 0 Å². The number of nitrogens with two attached hydrogens (primary N) is 1. The van der Waals surface area contributed by atoms with Crippen LogP contribution in [0.1, 0.15) is 18.9 Å². The first-order chi connectivity index (χ1) is 9.19. The molecule has 2 unspecified atom stereocenters. The Labute approximate surface area is 113 Å². The van der Waals surface area contributed by atoms with Gasteiger partial charge in [-0.1, -0.05) is 12.1 Å². The molecule has 2 atom stereocenters. The van der Waals surface area contributed by atoms with Gasteiger partial charge < -0.3 is 21.1 Å². The van der Waals surface area contributed by atoms with Crippen LogP contribution < -0.4 is 16.4 Å². The highest BCUT2D eigenvalue weighted by molar-refractivity contribution is 5.89. The summed E-state index contributed by atoms with van der Waals surface area (Å²) in [6.45, 7) is 3.99. The Morgan fingerprint density at radius 1 is 1.58 bits per heavy atom. The first-order valence-corrected chi connectivity index (χ1v) is 6.63. The van der Waals surface area contributed by atoms with Crippen molar-refractivity contribution in [1.29, 1.82) is 0 Å². The largest absolute Gasteiger partial charge is 0.381 e. The molecule has 0 spiro atoms. The van der Waals surface area contributed by atoms with Crippen LogP contribution in [0.5, 0.6) is 0 Å². The lowest BCUT2D eigenvalue weighted by Gasteiger charge is -2.19. The summed E-state index contributed by atoms with van der Waals surface area (Å²) >= 11 is 0. The summed E-state index contributed by atoms with van der Waals surface area (Å²) in [4.78, 5) is 11.9. The summed E-state index contributed by atoms with van der Waals surface area (Å²) in [5, 5.41) is 5.77. The molecular formula is C14H21N3O2. The molecule has 5 nitrogen and oxygen atoms in total. The number of hydrogen-bond donors (Lipinski definition) is 3. The van der Waals surface area contributed by atoms with Crippen molar-refractivity contribution in [2.75, 3.05) is 18.5 Å². The molecule has 0 bridgehead atoms. The highest BCUT2D eigenvalue weighted by Gasteiger charge is 2.23. The van der Waals surface area contributed by atoms with Gasteiger partial charge in [0.15, 0.2) is 0 Å². The normalized spacial score (nSPS) is 20.0. The Morgan fingerprint density at radius 3 is 3.11 bits per heavy atom. The number of rotatable bonds is 4. The average Bonchev–Trinajstić information content (AvgIpc) is 2.92. The lowest BCUT2D eigenvalue weighted by Crippen LogP contribution is -2.40. The van der Waals surface area contributed by atoms with Crippen LogP contribution >= 0.6 is 0 Å². The van der Waals surface area contributed by atoms with Crippen LogP contribution in [0.2, 0.25) is 0 Å². The van der Waals surface area contributed by atoms with Gasteiger partial charge in [0.05, 0.1) is 6.61 Å². The molecule has 0 aliphatic carbocycles. The van der Waals surface area contributed by atoms with E-state index in [1.54, 1.807) is 0 Å². The van der Waals surface area contributed by atoms with Crippen molar-refractivity contribution in [2.45, 2.75) is 25.9 Å². The molecule has 1 aromatic carbocycles. The molecule has 0 radical (unpaired) electrons. The first-order valence-electron chi connectivity index (χ1n) is 6.63. The van der Waals surface area contributed by atoms with E-state index < -0.39 is 0 Å². The van der Waals surface area contributed by atoms with Crippen molar-refractivity contribution in [3.8, 4) is 0 Å². The molecule has 104 valence electrons. The molecule has 1 aromatic rings. The third-order valence-electron chi connectivity index (χ3n) is 3.45. The third kappa shape index (κ3) is 3.94. The zero-order valence-electron chi connectivity index (χ0n) is 11.2. The molecule has 1 heterocycles. The summed E-state index contributed by atoms with van der Waals surface area (Å²) in [5.41, 5.74) is 7.33. The molecule has 5 heteroatoms. The maximum absolute atomic E-state index is 11.9. The Kier molecular flexibility index (Phi) is 4.76. The number of urea groups is 1.